The molecule has 0 bridgehead atoms. The van der Waals surface area contributed by atoms with Crippen molar-refractivity contribution < 1.29 is 27.4 Å². The molecule has 1 N–H and O–H groups in total. The lowest BCUT2D eigenvalue weighted by molar-refractivity contribution is -0.274. The normalized spacial score (nSPS) is 16.4. The fourth-order valence-corrected chi connectivity index (χ4v) is 3.61. The number of carbonyl (C=O) groups is 1. The van der Waals surface area contributed by atoms with Gasteiger partial charge >= 0.3 is 6.36 Å². The van der Waals surface area contributed by atoms with E-state index in [1.165, 1.54) is 29.8 Å². The molecule has 1 atom stereocenters. The summed E-state index contributed by atoms with van der Waals surface area (Å²) in [6, 6.07) is 12.9. The summed E-state index contributed by atoms with van der Waals surface area (Å²) >= 11 is 0. The summed E-state index contributed by atoms with van der Waals surface area (Å²) in [6.45, 7) is 6.08. The molecular formula is C23H28F3N3O3. The molecule has 1 aliphatic rings. The van der Waals surface area contributed by atoms with Gasteiger partial charge in [0.2, 0.25) is 5.91 Å². The molecule has 1 amide bonds. The lowest BCUT2D eigenvalue weighted by Crippen LogP contribution is -2.53. The minimum absolute atomic E-state index is 0.193. The number of anilines is 1. The molecule has 9 heteroatoms. The first kappa shape index (κ1) is 23.9. The number of piperazine rings is 1. The quantitative estimate of drug-likeness (QED) is 0.662. The van der Waals surface area contributed by atoms with Gasteiger partial charge in [-0.1, -0.05) is 12.1 Å². The number of benzene rings is 2. The van der Waals surface area contributed by atoms with E-state index >= 15 is 0 Å². The van der Waals surface area contributed by atoms with Crippen LogP contribution in [0.5, 0.6) is 11.5 Å². The monoisotopic (exact) mass is 451 g/mol. The zero-order valence-corrected chi connectivity index (χ0v) is 18.2. The molecular weight excluding hydrogens is 423 g/mol. The number of amides is 1. The predicted octanol–water partition coefficient (Wildman–Crippen LogP) is 3.78. The predicted molar refractivity (Wildman–Crippen MR) is 116 cm³/mol. The molecule has 6 nitrogen and oxygen atoms in total. The topological polar surface area (TPSA) is 54.0 Å². The van der Waals surface area contributed by atoms with Crippen molar-refractivity contribution in [2.45, 2.75) is 25.7 Å². The van der Waals surface area contributed by atoms with Gasteiger partial charge in [0, 0.05) is 38.4 Å². The van der Waals surface area contributed by atoms with Crippen LogP contribution in [0, 0.1) is 0 Å². The Bertz CT molecular complexity index is 865. The number of rotatable bonds is 8. The van der Waals surface area contributed by atoms with Gasteiger partial charge in [0.15, 0.2) is 0 Å². The van der Waals surface area contributed by atoms with E-state index in [0.29, 0.717) is 5.69 Å². The van der Waals surface area contributed by atoms with Gasteiger partial charge in [-0.15, -0.1) is 13.2 Å². The van der Waals surface area contributed by atoms with Crippen LogP contribution in [-0.2, 0) is 11.2 Å². The second-order valence-electron chi connectivity index (χ2n) is 7.71. The van der Waals surface area contributed by atoms with Crippen LogP contribution >= 0.6 is 0 Å². The Hall–Kier alpha value is -2.78. The van der Waals surface area contributed by atoms with Crippen molar-refractivity contribution in [3.8, 4) is 11.5 Å². The Morgan fingerprint density at radius 3 is 2.16 bits per heavy atom. The summed E-state index contributed by atoms with van der Waals surface area (Å²) in [5.41, 5.74) is 1.68. The van der Waals surface area contributed by atoms with E-state index in [2.05, 4.69) is 32.0 Å². The molecule has 0 saturated carbocycles. The fourth-order valence-electron chi connectivity index (χ4n) is 3.61. The number of ether oxygens (including phenoxy) is 2. The second-order valence-corrected chi connectivity index (χ2v) is 7.71. The highest BCUT2D eigenvalue weighted by Gasteiger charge is 2.31. The van der Waals surface area contributed by atoms with Gasteiger partial charge in [-0.3, -0.25) is 9.69 Å². The molecule has 2 aromatic carbocycles. The van der Waals surface area contributed by atoms with Gasteiger partial charge in [0.25, 0.3) is 0 Å². The number of carbonyl (C=O) groups excluding carboxylic acids is 1. The lowest BCUT2D eigenvalue weighted by Gasteiger charge is -2.37. The van der Waals surface area contributed by atoms with E-state index in [1.807, 2.05) is 19.1 Å². The van der Waals surface area contributed by atoms with Crippen molar-refractivity contribution in [2.24, 2.45) is 0 Å². The van der Waals surface area contributed by atoms with Gasteiger partial charge in [0.05, 0.1) is 13.2 Å². The van der Waals surface area contributed by atoms with Crippen LogP contribution in [0.2, 0.25) is 0 Å². The van der Waals surface area contributed by atoms with Gasteiger partial charge in [-0.2, -0.15) is 0 Å². The van der Waals surface area contributed by atoms with Crippen LogP contribution in [0.3, 0.4) is 0 Å². The number of hydrogen-bond donors (Lipinski definition) is 1. The standard InChI is InChI=1S/C23H28F3N3O3/c1-17(22(30)27-19-5-9-21(10-6-19)32-23(24,25)26)29-15-13-28(14-16-29)12-11-18-3-7-20(31-2)8-4-18/h3-10,17H,11-16H2,1-2H3,(H,27,30). The molecule has 32 heavy (non-hydrogen) atoms. The van der Waals surface area contributed by atoms with Crippen molar-refractivity contribution >= 4 is 11.6 Å². The molecule has 1 fully saturated rings. The second kappa shape index (κ2) is 10.7. The van der Waals surface area contributed by atoms with E-state index < -0.39 is 6.36 Å². The van der Waals surface area contributed by atoms with E-state index in [1.54, 1.807) is 7.11 Å². The average Bonchev–Trinajstić information content (AvgIpc) is 2.78. The Balaban J connectivity index is 1.42. The zero-order valence-electron chi connectivity index (χ0n) is 18.2. The SMILES string of the molecule is COc1ccc(CCN2CCN(C(C)C(=O)Nc3ccc(OC(F)(F)F)cc3)CC2)cc1. The van der Waals surface area contributed by atoms with E-state index in [-0.39, 0.29) is 17.7 Å². The Morgan fingerprint density at radius 1 is 1.00 bits per heavy atom. The van der Waals surface area contributed by atoms with Crippen molar-refractivity contribution in [3.05, 3.63) is 54.1 Å². The summed E-state index contributed by atoms with van der Waals surface area (Å²) in [7, 11) is 1.65. The van der Waals surface area contributed by atoms with Crippen molar-refractivity contribution in [1.29, 1.82) is 0 Å². The number of methoxy groups -OCH3 is 1. The molecule has 1 saturated heterocycles. The first-order valence-electron chi connectivity index (χ1n) is 10.5. The third-order valence-electron chi connectivity index (χ3n) is 5.57. The minimum Gasteiger partial charge on any atom is -0.497 e. The summed E-state index contributed by atoms with van der Waals surface area (Å²) < 4.78 is 45.8. The maximum atomic E-state index is 12.6. The third kappa shape index (κ3) is 7.13. The molecule has 1 heterocycles. The van der Waals surface area contributed by atoms with E-state index in [4.69, 9.17) is 4.74 Å². The number of alkyl halides is 3. The molecule has 3 rings (SSSR count). The third-order valence-corrected chi connectivity index (χ3v) is 5.57. The minimum atomic E-state index is -4.74. The molecule has 0 aliphatic carbocycles. The molecule has 0 radical (unpaired) electrons. The molecule has 174 valence electrons. The van der Waals surface area contributed by atoms with Gasteiger partial charge in [0.1, 0.15) is 11.5 Å². The first-order chi connectivity index (χ1) is 15.2. The molecule has 2 aromatic rings. The smallest absolute Gasteiger partial charge is 0.497 e. The maximum Gasteiger partial charge on any atom is 0.573 e. The van der Waals surface area contributed by atoms with Crippen LogP contribution < -0.4 is 14.8 Å². The maximum absolute atomic E-state index is 12.6. The number of halogens is 3. The van der Waals surface area contributed by atoms with Crippen LogP contribution in [0.15, 0.2) is 48.5 Å². The van der Waals surface area contributed by atoms with E-state index in [9.17, 15) is 18.0 Å². The van der Waals surface area contributed by atoms with Gasteiger partial charge < -0.3 is 19.7 Å². The van der Waals surface area contributed by atoms with E-state index in [0.717, 1.165) is 44.9 Å². The summed E-state index contributed by atoms with van der Waals surface area (Å²) in [6.07, 6.45) is -3.79. The van der Waals surface area contributed by atoms with Crippen LogP contribution in [0.1, 0.15) is 12.5 Å². The van der Waals surface area contributed by atoms with Crippen LogP contribution in [0.4, 0.5) is 18.9 Å². The van der Waals surface area contributed by atoms with Crippen molar-refractivity contribution in [2.75, 3.05) is 45.2 Å². The average molecular weight is 451 g/mol. The summed E-state index contributed by atoms with van der Waals surface area (Å²) in [4.78, 5) is 17.1. The van der Waals surface area contributed by atoms with Crippen LogP contribution in [-0.4, -0.2) is 67.9 Å². The number of hydrogen-bond acceptors (Lipinski definition) is 5. The lowest BCUT2D eigenvalue weighted by atomic mass is 10.1. The van der Waals surface area contributed by atoms with Gasteiger partial charge in [-0.05, 0) is 55.3 Å². The molecule has 1 unspecified atom stereocenters. The van der Waals surface area contributed by atoms with Gasteiger partial charge in [-0.25, -0.2) is 0 Å². The summed E-state index contributed by atoms with van der Waals surface area (Å²) in [5.74, 6) is 0.329. The Labute approximate surface area is 185 Å². The fraction of sp³-hybridized carbons (Fsp3) is 0.435. The molecule has 0 spiro atoms. The van der Waals surface area contributed by atoms with Crippen molar-refractivity contribution in [3.63, 3.8) is 0 Å². The Morgan fingerprint density at radius 2 is 1.59 bits per heavy atom. The Kier molecular flexibility index (Phi) is 7.98. The largest absolute Gasteiger partial charge is 0.573 e. The zero-order chi connectivity index (χ0) is 23.1. The molecule has 0 aromatic heterocycles. The first-order valence-corrected chi connectivity index (χ1v) is 10.5. The highest BCUT2D eigenvalue weighted by Crippen LogP contribution is 2.24. The number of nitrogens with one attached hydrogen (secondary N) is 1. The highest BCUT2D eigenvalue weighted by atomic mass is 19.4. The number of nitrogens with zero attached hydrogens (tertiary/aromatic N) is 2. The highest BCUT2D eigenvalue weighted by molar-refractivity contribution is 5.94. The molecule has 1 aliphatic heterocycles. The van der Waals surface area contributed by atoms with Crippen LogP contribution in [0.25, 0.3) is 0 Å². The summed E-state index contributed by atoms with van der Waals surface area (Å²) in [5, 5.41) is 2.75. The van der Waals surface area contributed by atoms with Crippen molar-refractivity contribution in [1.82, 2.24) is 9.80 Å².